The number of nitrogens with zero attached hydrogens (tertiary/aromatic N) is 4. The van der Waals surface area contributed by atoms with Crippen LogP contribution in [0.25, 0.3) is 5.69 Å². The first-order chi connectivity index (χ1) is 15.4. The summed E-state index contributed by atoms with van der Waals surface area (Å²) in [6.45, 7) is 9.98. The molecular formula is C25H30N4O2S. The number of benzene rings is 2. The second kappa shape index (κ2) is 8.90. The number of hydrogen-bond donors (Lipinski definition) is 0. The second-order valence-corrected chi connectivity index (χ2v) is 9.44. The van der Waals surface area contributed by atoms with Crippen molar-refractivity contribution in [2.24, 2.45) is 7.05 Å². The summed E-state index contributed by atoms with van der Waals surface area (Å²) in [7, 11) is 1.86. The first kappa shape index (κ1) is 22.3. The van der Waals surface area contributed by atoms with Crippen LogP contribution in [0.5, 0.6) is 0 Å². The molecule has 1 aliphatic rings. The lowest BCUT2D eigenvalue weighted by Gasteiger charge is -2.25. The molecule has 0 unspecified atom stereocenters. The molecule has 3 aromatic rings. The van der Waals surface area contributed by atoms with Crippen molar-refractivity contribution in [2.45, 2.75) is 38.3 Å². The summed E-state index contributed by atoms with van der Waals surface area (Å²) >= 11 is 1.59. The van der Waals surface area contributed by atoms with Crippen LogP contribution in [0.1, 0.15) is 37.4 Å². The number of para-hydroxylation sites is 1. The molecule has 6 nitrogen and oxygen atoms in total. The lowest BCUT2D eigenvalue weighted by molar-refractivity contribution is -0.117. The Morgan fingerprint density at radius 2 is 1.59 bits per heavy atom. The highest BCUT2D eigenvalue weighted by Crippen LogP contribution is 2.45. The number of rotatable bonds is 6. The van der Waals surface area contributed by atoms with Gasteiger partial charge in [0.2, 0.25) is 5.91 Å². The van der Waals surface area contributed by atoms with Gasteiger partial charge in [0.25, 0.3) is 5.56 Å². The fraction of sp³-hybridized carbons (Fsp3) is 0.360. The number of aromatic nitrogens is 2. The van der Waals surface area contributed by atoms with E-state index in [4.69, 9.17) is 0 Å². The van der Waals surface area contributed by atoms with Crippen molar-refractivity contribution in [1.82, 2.24) is 9.36 Å². The van der Waals surface area contributed by atoms with E-state index in [0.717, 1.165) is 35.7 Å². The molecule has 0 spiro atoms. The van der Waals surface area contributed by atoms with Gasteiger partial charge in [0.05, 0.1) is 16.6 Å². The maximum atomic E-state index is 13.6. The Hall–Kier alpha value is -2.93. The van der Waals surface area contributed by atoms with Gasteiger partial charge in [-0.2, -0.15) is 0 Å². The van der Waals surface area contributed by atoms with E-state index < -0.39 is 0 Å². The van der Waals surface area contributed by atoms with Gasteiger partial charge in [0.15, 0.2) is 0 Å². The zero-order chi connectivity index (χ0) is 23.0. The van der Waals surface area contributed by atoms with Crippen LogP contribution in [-0.2, 0) is 11.8 Å². The van der Waals surface area contributed by atoms with E-state index in [0.29, 0.717) is 5.69 Å². The van der Waals surface area contributed by atoms with Gasteiger partial charge in [0.1, 0.15) is 11.1 Å². The average molecular weight is 451 g/mol. The molecule has 1 aliphatic heterocycles. The molecule has 0 N–H and O–H groups in total. The Morgan fingerprint density at radius 3 is 2.19 bits per heavy atom. The van der Waals surface area contributed by atoms with Gasteiger partial charge in [-0.15, -0.1) is 11.8 Å². The third-order valence-electron chi connectivity index (χ3n) is 6.22. The van der Waals surface area contributed by atoms with Crippen LogP contribution < -0.4 is 15.4 Å². The Bertz CT molecular complexity index is 1160. The topological polar surface area (TPSA) is 50.5 Å². The van der Waals surface area contributed by atoms with Gasteiger partial charge >= 0.3 is 0 Å². The monoisotopic (exact) mass is 450 g/mol. The molecule has 2 heterocycles. The Kier molecular flexibility index (Phi) is 6.20. The highest BCUT2D eigenvalue weighted by atomic mass is 32.2. The molecule has 1 saturated heterocycles. The minimum atomic E-state index is -0.235. The molecular weight excluding hydrogens is 420 g/mol. The fourth-order valence-corrected chi connectivity index (χ4v) is 5.61. The maximum absolute atomic E-state index is 13.6. The number of hydrogen-bond acceptors (Lipinski definition) is 4. The summed E-state index contributed by atoms with van der Waals surface area (Å²) < 4.78 is 3.46. The Balaban J connectivity index is 1.79. The summed E-state index contributed by atoms with van der Waals surface area (Å²) in [5, 5.41) is -0.451. The maximum Gasteiger partial charge on any atom is 0.295 e. The summed E-state index contributed by atoms with van der Waals surface area (Å²) in [6, 6.07) is 17.9. The number of amides is 1. The number of carbonyl (C=O) groups excluding carboxylic acids is 1. The third kappa shape index (κ3) is 3.64. The number of anilines is 2. The molecule has 7 heteroatoms. The summed E-state index contributed by atoms with van der Waals surface area (Å²) in [4.78, 5) is 30.8. The first-order valence-electron chi connectivity index (χ1n) is 11.1. The van der Waals surface area contributed by atoms with Crippen molar-refractivity contribution in [3.8, 4) is 5.69 Å². The van der Waals surface area contributed by atoms with Crippen molar-refractivity contribution in [3.05, 3.63) is 76.2 Å². The van der Waals surface area contributed by atoms with Gasteiger partial charge in [0, 0.05) is 25.8 Å². The second-order valence-electron chi connectivity index (χ2n) is 8.01. The molecule has 1 fully saturated rings. The van der Waals surface area contributed by atoms with Crippen LogP contribution in [-0.4, -0.2) is 33.6 Å². The van der Waals surface area contributed by atoms with E-state index in [1.807, 2.05) is 55.9 Å². The van der Waals surface area contributed by atoms with Crippen molar-refractivity contribution in [1.29, 1.82) is 0 Å². The zero-order valence-electron chi connectivity index (χ0n) is 19.3. The molecule has 1 aromatic heterocycles. The van der Waals surface area contributed by atoms with Gasteiger partial charge in [-0.1, -0.05) is 30.3 Å². The van der Waals surface area contributed by atoms with E-state index in [2.05, 4.69) is 43.0 Å². The normalized spacial score (nSPS) is 18.4. The van der Waals surface area contributed by atoms with Crippen LogP contribution in [0.2, 0.25) is 0 Å². The molecule has 1 amide bonds. The molecule has 32 heavy (non-hydrogen) atoms. The lowest BCUT2D eigenvalue weighted by atomic mass is 10.1. The Morgan fingerprint density at radius 1 is 0.969 bits per heavy atom. The van der Waals surface area contributed by atoms with Crippen LogP contribution in [0.4, 0.5) is 11.4 Å². The summed E-state index contributed by atoms with van der Waals surface area (Å²) in [6.07, 6.45) is 0. The van der Waals surface area contributed by atoms with Crippen molar-refractivity contribution >= 4 is 29.0 Å². The van der Waals surface area contributed by atoms with E-state index in [1.165, 1.54) is 0 Å². The Labute approximate surface area is 193 Å². The van der Waals surface area contributed by atoms with Crippen molar-refractivity contribution < 1.29 is 4.79 Å². The minimum absolute atomic E-state index is 0.0289. The van der Waals surface area contributed by atoms with Crippen LogP contribution in [0.3, 0.4) is 0 Å². The fourth-order valence-electron chi connectivity index (χ4n) is 4.35. The van der Waals surface area contributed by atoms with Gasteiger partial charge in [-0.05, 0) is 57.5 Å². The molecule has 0 aliphatic carbocycles. The van der Waals surface area contributed by atoms with Crippen molar-refractivity contribution in [3.63, 3.8) is 0 Å². The average Bonchev–Trinajstić information content (AvgIpc) is 3.21. The quantitative estimate of drug-likeness (QED) is 0.555. The van der Waals surface area contributed by atoms with Crippen LogP contribution in [0, 0.1) is 6.92 Å². The predicted molar refractivity (Wildman–Crippen MR) is 133 cm³/mol. The van der Waals surface area contributed by atoms with Gasteiger partial charge in [-0.25, -0.2) is 4.68 Å². The summed E-state index contributed by atoms with van der Waals surface area (Å²) in [5.74, 6) is -0.0289. The first-order valence-corrected chi connectivity index (χ1v) is 12.0. The summed E-state index contributed by atoms with van der Waals surface area (Å²) in [5.41, 5.74) is 4.01. The molecule has 2 atom stereocenters. The highest BCUT2D eigenvalue weighted by molar-refractivity contribution is 8.01. The van der Waals surface area contributed by atoms with E-state index in [9.17, 15) is 9.59 Å². The zero-order valence-corrected chi connectivity index (χ0v) is 20.1. The van der Waals surface area contributed by atoms with E-state index in [-0.39, 0.29) is 22.1 Å². The molecule has 4 rings (SSSR count). The van der Waals surface area contributed by atoms with E-state index in [1.54, 1.807) is 21.3 Å². The smallest absolute Gasteiger partial charge is 0.295 e. The number of thioether (sulfide) groups is 1. The standard InChI is InChI=1S/C25H30N4O2S/c1-6-27(7-2)20-15-13-19(14-16-20)25-28(23(30)18(4)32-25)22-17(3)26(5)29(24(22)31)21-11-9-8-10-12-21/h8-16,18,25H,6-7H2,1-5H3/t18-,25-/m1/s1. The van der Waals surface area contributed by atoms with Crippen LogP contribution >= 0.6 is 11.8 Å². The molecule has 0 saturated carbocycles. The van der Waals surface area contributed by atoms with Gasteiger partial charge in [-0.3, -0.25) is 19.2 Å². The number of carbonyl (C=O) groups is 1. The minimum Gasteiger partial charge on any atom is -0.372 e. The molecule has 0 radical (unpaired) electrons. The SMILES string of the molecule is CCN(CC)c1ccc([C@H]2S[C@H](C)C(=O)N2c2c(C)n(C)n(-c3ccccc3)c2=O)cc1. The predicted octanol–water partition coefficient (Wildman–Crippen LogP) is 4.50. The van der Waals surface area contributed by atoms with E-state index >= 15 is 0 Å². The molecule has 2 aromatic carbocycles. The van der Waals surface area contributed by atoms with Gasteiger partial charge < -0.3 is 4.90 Å². The lowest BCUT2D eigenvalue weighted by Crippen LogP contribution is -2.34. The third-order valence-corrected chi connectivity index (χ3v) is 7.57. The van der Waals surface area contributed by atoms with Crippen molar-refractivity contribution in [2.75, 3.05) is 22.9 Å². The molecule has 168 valence electrons. The largest absolute Gasteiger partial charge is 0.372 e. The highest BCUT2D eigenvalue weighted by Gasteiger charge is 2.42. The molecule has 0 bridgehead atoms. The van der Waals surface area contributed by atoms with Crippen LogP contribution in [0.15, 0.2) is 59.4 Å².